The van der Waals surface area contributed by atoms with Gasteiger partial charge in [0.15, 0.2) is 5.82 Å². The smallest absolute Gasteiger partial charge is 0.160 e. The molecule has 11 aromatic carbocycles. The molecule has 0 N–H and O–H groups in total. The van der Waals surface area contributed by atoms with Crippen molar-refractivity contribution in [3.05, 3.63) is 218 Å². The van der Waals surface area contributed by atoms with Gasteiger partial charge in [-0.2, -0.15) is 0 Å². The Morgan fingerprint density at radius 1 is 0.270 bits per heavy atom. The fourth-order valence-corrected chi connectivity index (χ4v) is 9.93. The standard InChI is InChI=1S/C60H36N2O/c1-3-16-41-39(14-1)34-54(47-22-9-5-18-43(41)47)37-28-30-38(31-29-37)60-61-56(36-57(62-60)53-26-13-25-52-51-24-11-12-27-58(51)63-59(52)53)50-33-32-49(45-20-7-8-21-46(45)50)55-35-40-15-2-4-17-42(40)44-19-6-10-23-48(44)55/h1-36H. The molecule has 0 radical (unpaired) electrons. The Hall–Kier alpha value is -8.40. The van der Waals surface area contributed by atoms with Crippen molar-refractivity contribution in [2.45, 2.75) is 0 Å². The summed E-state index contributed by atoms with van der Waals surface area (Å²) in [5, 5.41) is 14.4. The van der Waals surface area contributed by atoms with Crippen molar-refractivity contribution < 1.29 is 4.42 Å². The average Bonchev–Trinajstić information content (AvgIpc) is 3.75. The molecule has 0 amide bonds. The van der Waals surface area contributed by atoms with Crippen LogP contribution in [0.3, 0.4) is 0 Å². The number of rotatable bonds is 5. The van der Waals surface area contributed by atoms with Crippen LogP contribution in [0.1, 0.15) is 0 Å². The fourth-order valence-electron chi connectivity index (χ4n) is 9.93. The Morgan fingerprint density at radius 2 is 0.730 bits per heavy atom. The first kappa shape index (κ1) is 35.4. The molecular formula is C60H36N2O. The van der Waals surface area contributed by atoms with Crippen molar-refractivity contribution in [1.29, 1.82) is 0 Å². The monoisotopic (exact) mass is 800 g/mol. The van der Waals surface area contributed by atoms with E-state index in [1.807, 2.05) is 12.1 Å². The number of benzene rings is 11. The van der Waals surface area contributed by atoms with Crippen LogP contribution in [0.4, 0.5) is 0 Å². The van der Waals surface area contributed by atoms with Gasteiger partial charge in [-0.3, -0.25) is 0 Å². The molecule has 0 saturated carbocycles. The maximum absolute atomic E-state index is 6.60. The maximum atomic E-state index is 6.60. The van der Waals surface area contributed by atoms with Crippen molar-refractivity contribution in [2.75, 3.05) is 0 Å². The Balaban J connectivity index is 1.01. The Labute approximate surface area is 363 Å². The van der Waals surface area contributed by atoms with Gasteiger partial charge < -0.3 is 4.42 Å². The van der Waals surface area contributed by atoms with Crippen molar-refractivity contribution in [1.82, 2.24) is 9.97 Å². The van der Waals surface area contributed by atoms with Gasteiger partial charge in [-0.1, -0.05) is 188 Å². The highest BCUT2D eigenvalue weighted by Gasteiger charge is 2.20. The molecule has 13 rings (SSSR count). The van der Waals surface area contributed by atoms with Gasteiger partial charge in [-0.25, -0.2) is 9.97 Å². The summed E-state index contributed by atoms with van der Waals surface area (Å²) < 4.78 is 6.60. The first-order valence-corrected chi connectivity index (χ1v) is 21.5. The van der Waals surface area contributed by atoms with Crippen molar-refractivity contribution in [2.24, 2.45) is 0 Å². The van der Waals surface area contributed by atoms with Crippen LogP contribution >= 0.6 is 0 Å². The Kier molecular flexibility index (Phi) is 7.91. The number of fused-ring (bicyclic) bond motifs is 10. The molecule has 3 nitrogen and oxygen atoms in total. The molecule has 0 aliphatic rings. The van der Waals surface area contributed by atoms with Crippen molar-refractivity contribution >= 4 is 75.8 Å². The first-order chi connectivity index (χ1) is 31.2. The largest absolute Gasteiger partial charge is 0.455 e. The maximum Gasteiger partial charge on any atom is 0.160 e. The third-order valence-corrected chi connectivity index (χ3v) is 12.9. The summed E-state index contributed by atoms with van der Waals surface area (Å²) in [6, 6.07) is 78.1. The molecule has 0 spiro atoms. The minimum atomic E-state index is 0.652. The molecule has 2 heterocycles. The molecule has 2 aromatic heterocycles. The summed E-state index contributed by atoms with van der Waals surface area (Å²) in [5.74, 6) is 0.652. The third-order valence-electron chi connectivity index (χ3n) is 12.9. The first-order valence-electron chi connectivity index (χ1n) is 21.5. The van der Waals surface area contributed by atoms with Crippen LogP contribution in [0, 0.1) is 0 Å². The van der Waals surface area contributed by atoms with E-state index < -0.39 is 0 Å². The minimum Gasteiger partial charge on any atom is -0.455 e. The summed E-state index contributed by atoms with van der Waals surface area (Å²) in [5.41, 5.74) is 11.0. The number of aromatic nitrogens is 2. The zero-order valence-electron chi connectivity index (χ0n) is 34.1. The van der Waals surface area contributed by atoms with E-state index in [0.29, 0.717) is 5.82 Å². The third kappa shape index (κ3) is 5.67. The molecule has 0 atom stereocenters. The SMILES string of the molecule is c1ccc2c(c1)cc(-c1ccc(-c3nc(-c4ccc(-c5cc6ccccc6c6ccccc56)c5ccccc45)cc(-c4cccc5c4oc4ccccc45)n3)cc1)c1ccccc12. The van der Waals surface area contributed by atoms with Crippen LogP contribution in [0.25, 0.3) is 132 Å². The molecular weight excluding hydrogens is 765 g/mol. The van der Waals surface area contributed by atoms with E-state index in [-0.39, 0.29) is 0 Å². The van der Waals surface area contributed by atoms with E-state index in [4.69, 9.17) is 14.4 Å². The molecule has 0 unspecified atom stereocenters. The highest BCUT2D eigenvalue weighted by molar-refractivity contribution is 6.18. The number of hydrogen-bond donors (Lipinski definition) is 0. The molecule has 292 valence electrons. The second-order valence-electron chi connectivity index (χ2n) is 16.4. The lowest BCUT2D eigenvalue weighted by Gasteiger charge is -2.16. The lowest BCUT2D eigenvalue weighted by molar-refractivity contribution is 0.670. The lowest BCUT2D eigenvalue weighted by atomic mass is 9.89. The number of para-hydroxylation sites is 2. The minimum absolute atomic E-state index is 0.652. The molecule has 0 aliphatic heterocycles. The van der Waals surface area contributed by atoms with E-state index >= 15 is 0 Å². The summed E-state index contributed by atoms with van der Waals surface area (Å²) >= 11 is 0. The number of hydrogen-bond acceptors (Lipinski definition) is 3. The van der Waals surface area contributed by atoms with E-state index in [1.54, 1.807) is 0 Å². The lowest BCUT2D eigenvalue weighted by Crippen LogP contribution is -1.97. The average molecular weight is 801 g/mol. The zero-order valence-corrected chi connectivity index (χ0v) is 34.1. The van der Waals surface area contributed by atoms with Crippen molar-refractivity contribution in [3.8, 4) is 56.2 Å². The van der Waals surface area contributed by atoms with Gasteiger partial charge in [0.25, 0.3) is 0 Å². The van der Waals surface area contributed by atoms with Gasteiger partial charge in [0.2, 0.25) is 0 Å². The van der Waals surface area contributed by atoms with Gasteiger partial charge in [0.1, 0.15) is 11.2 Å². The summed E-state index contributed by atoms with van der Waals surface area (Å²) in [6.45, 7) is 0. The number of furan rings is 1. The van der Waals surface area contributed by atoms with Gasteiger partial charge in [-0.15, -0.1) is 0 Å². The van der Waals surface area contributed by atoms with Crippen LogP contribution in [0.5, 0.6) is 0 Å². The van der Waals surface area contributed by atoms with Crippen LogP contribution in [-0.2, 0) is 0 Å². The molecule has 0 saturated heterocycles. The van der Waals surface area contributed by atoms with Gasteiger partial charge >= 0.3 is 0 Å². The quantitative estimate of drug-likeness (QED) is 0.163. The Bertz CT molecular complexity index is 3970. The van der Waals surface area contributed by atoms with Crippen LogP contribution in [-0.4, -0.2) is 9.97 Å². The van der Waals surface area contributed by atoms with E-state index in [0.717, 1.165) is 61.0 Å². The highest BCUT2D eigenvalue weighted by Crippen LogP contribution is 2.43. The van der Waals surface area contributed by atoms with Gasteiger partial charge in [-0.05, 0) is 106 Å². The summed E-state index contributed by atoms with van der Waals surface area (Å²) in [6.07, 6.45) is 0. The van der Waals surface area contributed by atoms with Crippen LogP contribution < -0.4 is 0 Å². The molecule has 63 heavy (non-hydrogen) atoms. The molecule has 3 heteroatoms. The van der Waals surface area contributed by atoms with Crippen LogP contribution in [0.15, 0.2) is 223 Å². The van der Waals surface area contributed by atoms with Gasteiger partial charge in [0, 0.05) is 27.5 Å². The second kappa shape index (κ2) is 14.1. The topological polar surface area (TPSA) is 38.9 Å². The highest BCUT2D eigenvalue weighted by atomic mass is 16.3. The molecule has 0 fully saturated rings. The predicted octanol–water partition coefficient (Wildman–Crippen LogP) is 16.5. The zero-order chi connectivity index (χ0) is 41.4. The van der Waals surface area contributed by atoms with E-state index in [9.17, 15) is 0 Å². The molecule has 13 aromatic rings. The fraction of sp³-hybridized carbons (Fsp3) is 0. The predicted molar refractivity (Wildman–Crippen MR) is 264 cm³/mol. The van der Waals surface area contributed by atoms with Gasteiger partial charge in [0.05, 0.1) is 11.4 Å². The van der Waals surface area contributed by atoms with E-state index in [2.05, 4.69) is 206 Å². The second-order valence-corrected chi connectivity index (χ2v) is 16.4. The summed E-state index contributed by atoms with van der Waals surface area (Å²) in [4.78, 5) is 10.8. The normalized spacial score (nSPS) is 11.8. The molecule has 0 bridgehead atoms. The summed E-state index contributed by atoms with van der Waals surface area (Å²) in [7, 11) is 0. The van der Waals surface area contributed by atoms with E-state index in [1.165, 1.54) is 65.2 Å². The molecule has 0 aliphatic carbocycles. The Morgan fingerprint density at radius 3 is 1.40 bits per heavy atom. The van der Waals surface area contributed by atoms with Crippen LogP contribution in [0.2, 0.25) is 0 Å². The van der Waals surface area contributed by atoms with Crippen molar-refractivity contribution in [3.63, 3.8) is 0 Å². The number of nitrogens with zero attached hydrogens (tertiary/aromatic N) is 2.